The van der Waals surface area contributed by atoms with Gasteiger partial charge in [0.15, 0.2) is 15.3 Å². The van der Waals surface area contributed by atoms with Gasteiger partial charge in [-0.1, -0.05) is 17.7 Å². The summed E-state index contributed by atoms with van der Waals surface area (Å²) >= 11 is 0. The van der Waals surface area contributed by atoms with E-state index in [9.17, 15) is 13.2 Å². The van der Waals surface area contributed by atoms with Gasteiger partial charge in [0.25, 0.3) is 0 Å². The zero-order chi connectivity index (χ0) is 14.0. The lowest BCUT2D eigenvalue weighted by Gasteiger charge is -2.05. The van der Waals surface area contributed by atoms with Crippen molar-refractivity contribution in [3.8, 4) is 0 Å². The van der Waals surface area contributed by atoms with Crippen LogP contribution in [0.2, 0.25) is 0 Å². The Morgan fingerprint density at radius 3 is 2.26 bits per heavy atom. The number of sulfone groups is 1. The van der Waals surface area contributed by atoms with Crippen LogP contribution in [-0.2, 0) is 15.6 Å². The lowest BCUT2D eigenvalue weighted by atomic mass is 10.2. The van der Waals surface area contributed by atoms with E-state index in [2.05, 4.69) is 0 Å². The summed E-state index contributed by atoms with van der Waals surface area (Å²) in [5, 5.41) is 0. The second-order valence-corrected chi connectivity index (χ2v) is 6.43. The highest BCUT2D eigenvalue weighted by Gasteiger charge is 2.17. The van der Waals surface area contributed by atoms with E-state index in [1.165, 1.54) is 12.1 Å². The van der Waals surface area contributed by atoms with Crippen molar-refractivity contribution in [2.45, 2.75) is 24.5 Å². The third-order valence-electron chi connectivity index (χ3n) is 2.65. The van der Waals surface area contributed by atoms with Gasteiger partial charge in [-0.2, -0.15) is 0 Å². The highest BCUT2D eigenvalue weighted by Crippen LogP contribution is 2.16. The molecule has 0 radical (unpaired) electrons. The van der Waals surface area contributed by atoms with Gasteiger partial charge in [-0.15, -0.1) is 0 Å². The first-order chi connectivity index (χ1) is 8.87. The summed E-state index contributed by atoms with van der Waals surface area (Å²) < 4.78 is 29.6. The Bertz CT molecular complexity index is 740. The quantitative estimate of drug-likeness (QED) is 0.863. The Morgan fingerprint density at radius 1 is 1.05 bits per heavy atom. The van der Waals surface area contributed by atoms with Crippen molar-refractivity contribution in [2.24, 2.45) is 0 Å². The van der Waals surface area contributed by atoms with Crippen molar-refractivity contribution in [3.05, 3.63) is 63.7 Å². The van der Waals surface area contributed by atoms with E-state index in [0.717, 1.165) is 5.56 Å². The number of hydrogen-bond acceptors (Lipinski definition) is 4. The third kappa shape index (κ3) is 3.32. The van der Waals surface area contributed by atoms with Crippen molar-refractivity contribution in [3.63, 3.8) is 0 Å². The Hall–Kier alpha value is -1.88. The van der Waals surface area contributed by atoms with Gasteiger partial charge in [-0.3, -0.25) is 4.79 Å². The average molecular weight is 278 g/mol. The second-order valence-electron chi connectivity index (χ2n) is 4.44. The SMILES string of the molecule is Cc1ccc(S(=O)(=O)Cc2cc(=O)cc(C)o2)cc1. The monoisotopic (exact) mass is 278 g/mol. The predicted molar refractivity (Wildman–Crippen MR) is 71.8 cm³/mol. The van der Waals surface area contributed by atoms with Crippen LogP contribution in [-0.4, -0.2) is 8.42 Å². The maximum absolute atomic E-state index is 12.2. The van der Waals surface area contributed by atoms with Crippen LogP contribution in [0.4, 0.5) is 0 Å². The van der Waals surface area contributed by atoms with E-state index in [1.54, 1.807) is 31.2 Å². The third-order valence-corrected chi connectivity index (χ3v) is 4.31. The summed E-state index contributed by atoms with van der Waals surface area (Å²) in [7, 11) is -3.50. The summed E-state index contributed by atoms with van der Waals surface area (Å²) in [5.74, 6) is 0.250. The molecule has 0 aliphatic carbocycles. The molecule has 0 aliphatic rings. The molecule has 0 saturated heterocycles. The lowest BCUT2D eigenvalue weighted by Crippen LogP contribution is -2.08. The molecule has 0 unspecified atom stereocenters. The summed E-state index contributed by atoms with van der Waals surface area (Å²) in [4.78, 5) is 11.5. The van der Waals surface area contributed by atoms with Crippen LogP contribution in [0.5, 0.6) is 0 Å². The van der Waals surface area contributed by atoms with E-state index in [1.807, 2.05) is 6.92 Å². The molecule has 4 nitrogen and oxygen atoms in total. The summed E-state index contributed by atoms with van der Waals surface area (Å²) in [6.07, 6.45) is 0. The Kier molecular flexibility index (Phi) is 3.57. The Morgan fingerprint density at radius 2 is 1.68 bits per heavy atom. The fraction of sp³-hybridized carbons (Fsp3) is 0.214. The molecule has 0 spiro atoms. The molecule has 0 fully saturated rings. The van der Waals surface area contributed by atoms with Gasteiger partial charge in [0, 0.05) is 12.1 Å². The Balaban J connectivity index is 2.36. The first kappa shape index (κ1) is 13.5. The van der Waals surface area contributed by atoms with Crippen LogP contribution in [0, 0.1) is 13.8 Å². The van der Waals surface area contributed by atoms with Crippen LogP contribution < -0.4 is 5.43 Å². The van der Waals surface area contributed by atoms with Gasteiger partial charge < -0.3 is 4.42 Å². The fourth-order valence-corrected chi connectivity index (χ4v) is 2.99. The van der Waals surface area contributed by atoms with E-state index in [4.69, 9.17) is 4.42 Å². The number of aryl methyl sites for hydroxylation is 2. The molecule has 2 rings (SSSR count). The standard InChI is InChI=1S/C14H14O4S/c1-10-3-5-14(6-4-10)19(16,17)9-13-8-12(15)7-11(2)18-13/h3-8H,9H2,1-2H3. The molecule has 2 aromatic rings. The summed E-state index contributed by atoms with van der Waals surface area (Å²) in [6.45, 7) is 3.50. The maximum Gasteiger partial charge on any atom is 0.185 e. The van der Waals surface area contributed by atoms with Gasteiger partial charge in [0.2, 0.25) is 0 Å². The highest BCUT2D eigenvalue weighted by atomic mass is 32.2. The maximum atomic E-state index is 12.2. The van der Waals surface area contributed by atoms with Crippen molar-refractivity contribution >= 4 is 9.84 Å². The lowest BCUT2D eigenvalue weighted by molar-refractivity contribution is 0.475. The van der Waals surface area contributed by atoms with Crippen molar-refractivity contribution in [1.29, 1.82) is 0 Å². The van der Waals surface area contributed by atoms with Crippen molar-refractivity contribution in [1.82, 2.24) is 0 Å². The first-order valence-electron chi connectivity index (χ1n) is 5.77. The van der Waals surface area contributed by atoms with Crippen LogP contribution >= 0.6 is 0 Å². The first-order valence-corrected chi connectivity index (χ1v) is 7.42. The molecule has 1 heterocycles. The molecule has 5 heteroatoms. The normalized spacial score (nSPS) is 11.5. The van der Waals surface area contributed by atoms with E-state index < -0.39 is 9.84 Å². The zero-order valence-electron chi connectivity index (χ0n) is 10.7. The molecule has 0 atom stereocenters. The van der Waals surface area contributed by atoms with Gasteiger partial charge in [-0.05, 0) is 26.0 Å². The average Bonchev–Trinajstić information content (AvgIpc) is 2.27. The van der Waals surface area contributed by atoms with Gasteiger partial charge in [-0.25, -0.2) is 8.42 Å². The molecule has 19 heavy (non-hydrogen) atoms. The molecule has 0 saturated carbocycles. The second kappa shape index (κ2) is 5.01. The Labute approximate surface area is 111 Å². The van der Waals surface area contributed by atoms with Crippen LogP contribution in [0.3, 0.4) is 0 Å². The molecule has 1 aromatic heterocycles. The number of benzene rings is 1. The van der Waals surface area contributed by atoms with E-state index in [-0.39, 0.29) is 21.8 Å². The van der Waals surface area contributed by atoms with Crippen LogP contribution in [0.25, 0.3) is 0 Å². The molecule has 0 amide bonds. The zero-order valence-corrected chi connectivity index (χ0v) is 11.5. The molecule has 0 bridgehead atoms. The predicted octanol–water partition coefficient (Wildman–Crippen LogP) is 2.23. The fourth-order valence-electron chi connectivity index (χ4n) is 1.75. The topological polar surface area (TPSA) is 64.3 Å². The summed E-state index contributed by atoms with van der Waals surface area (Å²) in [5.41, 5.74) is 0.735. The number of rotatable bonds is 3. The van der Waals surface area contributed by atoms with Crippen LogP contribution in [0.1, 0.15) is 17.1 Å². The number of hydrogen-bond donors (Lipinski definition) is 0. The largest absolute Gasteiger partial charge is 0.465 e. The van der Waals surface area contributed by atoms with Gasteiger partial charge in [0.05, 0.1) is 4.90 Å². The molecular weight excluding hydrogens is 264 g/mol. The molecule has 100 valence electrons. The summed E-state index contributed by atoms with van der Waals surface area (Å²) in [6, 6.07) is 9.11. The van der Waals surface area contributed by atoms with E-state index in [0.29, 0.717) is 5.76 Å². The van der Waals surface area contributed by atoms with Gasteiger partial charge in [0.1, 0.15) is 17.3 Å². The minimum absolute atomic E-state index is 0.158. The molecule has 0 N–H and O–H groups in total. The molecule has 0 aliphatic heterocycles. The van der Waals surface area contributed by atoms with Crippen molar-refractivity contribution in [2.75, 3.05) is 0 Å². The molecule has 1 aromatic carbocycles. The minimum Gasteiger partial charge on any atom is -0.465 e. The van der Waals surface area contributed by atoms with E-state index >= 15 is 0 Å². The smallest absolute Gasteiger partial charge is 0.185 e. The van der Waals surface area contributed by atoms with Crippen LogP contribution in [0.15, 0.2) is 50.5 Å². The highest BCUT2D eigenvalue weighted by molar-refractivity contribution is 7.90. The van der Waals surface area contributed by atoms with Crippen molar-refractivity contribution < 1.29 is 12.8 Å². The van der Waals surface area contributed by atoms with Gasteiger partial charge >= 0.3 is 0 Å². The minimum atomic E-state index is -3.50. The molecular formula is C14H14O4S.